The van der Waals surface area contributed by atoms with Crippen LogP contribution in [0.2, 0.25) is 5.02 Å². The Morgan fingerprint density at radius 3 is 2.50 bits per heavy atom. The average molecular weight is 243 g/mol. The molecule has 0 saturated carbocycles. The maximum atomic E-state index is 13.3. The number of rotatable bonds is 2. The summed E-state index contributed by atoms with van der Waals surface area (Å²) >= 11 is 5.62. The number of benzene rings is 1. The zero-order valence-corrected chi connectivity index (χ0v) is 9.45. The monoisotopic (exact) mass is 242 g/mol. The van der Waals surface area contributed by atoms with Crippen molar-refractivity contribution >= 4 is 23.7 Å². The minimum Gasteiger partial charge on any atom is -0.368 e. The van der Waals surface area contributed by atoms with Gasteiger partial charge < -0.3 is 9.80 Å². The van der Waals surface area contributed by atoms with Crippen molar-refractivity contribution < 1.29 is 9.18 Å². The standard InChI is InChI=1S/C11H12ClFN2O/c12-10-2-1-9(7-11(10)13)15-5-3-14(8-16)4-6-15/h1-2,7-8H,3-6H2. The van der Waals surface area contributed by atoms with Crippen LogP contribution in [0.1, 0.15) is 0 Å². The first-order valence-corrected chi connectivity index (χ1v) is 5.48. The summed E-state index contributed by atoms with van der Waals surface area (Å²) in [5.74, 6) is -0.406. The predicted octanol–water partition coefficient (Wildman–Crippen LogP) is 1.76. The molecular formula is C11H12ClFN2O. The SMILES string of the molecule is O=CN1CCN(c2ccc(Cl)c(F)c2)CC1. The number of amides is 1. The van der Waals surface area contributed by atoms with Crippen LogP contribution in [-0.4, -0.2) is 37.5 Å². The molecule has 1 aromatic carbocycles. The molecule has 0 spiro atoms. The molecule has 16 heavy (non-hydrogen) atoms. The second-order valence-corrected chi connectivity index (χ2v) is 4.13. The van der Waals surface area contributed by atoms with Crippen molar-refractivity contribution in [2.75, 3.05) is 31.1 Å². The van der Waals surface area contributed by atoms with Gasteiger partial charge in [-0.05, 0) is 18.2 Å². The van der Waals surface area contributed by atoms with Crippen LogP contribution >= 0.6 is 11.6 Å². The summed E-state index contributed by atoms with van der Waals surface area (Å²) in [6, 6.07) is 4.78. The van der Waals surface area contributed by atoms with E-state index in [1.807, 2.05) is 4.90 Å². The number of piperazine rings is 1. The lowest BCUT2D eigenvalue weighted by atomic mass is 10.2. The maximum absolute atomic E-state index is 13.3. The van der Waals surface area contributed by atoms with E-state index in [0.717, 1.165) is 25.2 Å². The Morgan fingerprint density at radius 1 is 1.25 bits per heavy atom. The predicted molar refractivity (Wildman–Crippen MR) is 61.3 cm³/mol. The second-order valence-electron chi connectivity index (χ2n) is 3.73. The summed E-state index contributed by atoms with van der Waals surface area (Å²) in [5, 5.41) is 0.135. The Labute approximate surface area is 98.4 Å². The van der Waals surface area contributed by atoms with E-state index in [1.165, 1.54) is 6.07 Å². The molecule has 1 heterocycles. The van der Waals surface area contributed by atoms with Crippen LogP contribution in [0.25, 0.3) is 0 Å². The normalized spacial score (nSPS) is 16.4. The van der Waals surface area contributed by atoms with Gasteiger partial charge in [-0.25, -0.2) is 4.39 Å². The Bertz CT molecular complexity index is 392. The van der Waals surface area contributed by atoms with Crippen LogP contribution in [0, 0.1) is 5.82 Å². The van der Waals surface area contributed by atoms with E-state index in [4.69, 9.17) is 11.6 Å². The largest absolute Gasteiger partial charge is 0.368 e. The molecule has 0 radical (unpaired) electrons. The molecule has 1 aromatic rings. The lowest BCUT2D eigenvalue weighted by Crippen LogP contribution is -2.45. The molecule has 1 fully saturated rings. The van der Waals surface area contributed by atoms with E-state index in [0.29, 0.717) is 13.1 Å². The topological polar surface area (TPSA) is 23.6 Å². The number of carbonyl (C=O) groups excluding carboxylic acids is 1. The van der Waals surface area contributed by atoms with Crippen molar-refractivity contribution in [3.63, 3.8) is 0 Å². The lowest BCUT2D eigenvalue weighted by molar-refractivity contribution is -0.118. The van der Waals surface area contributed by atoms with Crippen molar-refractivity contribution in [1.82, 2.24) is 4.90 Å². The highest BCUT2D eigenvalue weighted by Gasteiger charge is 2.16. The van der Waals surface area contributed by atoms with E-state index in [1.54, 1.807) is 17.0 Å². The first-order chi connectivity index (χ1) is 7.70. The number of halogens is 2. The highest BCUT2D eigenvalue weighted by molar-refractivity contribution is 6.30. The van der Waals surface area contributed by atoms with Crippen molar-refractivity contribution in [2.45, 2.75) is 0 Å². The Morgan fingerprint density at radius 2 is 1.94 bits per heavy atom. The maximum Gasteiger partial charge on any atom is 0.209 e. The Hall–Kier alpha value is -1.29. The van der Waals surface area contributed by atoms with Crippen molar-refractivity contribution in [1.29, 1.82) is 0 Å². The molecule has 0 aromatic heterocycles. The zero-order valence-electron chi connectivity index (χ0n) is 8.70. The number of hydrogen-bond donors (Lipinski definition) is 0. The molecule has 2 rings (SSSR count). The minimum absolute atomic E-state index is 0.135. The third-order valence-electron chi connectivity index (χ3n) is 2.73. The third kappa shape index (κ3) is 2.27. The van der Waals surface area contributed by atoms with Gasteiger partial charge in [0.1, 0.15) is 5.82 Å². The third-order valence-corrected chi connectivity index (χ3v) is 3.04. The fraction of sp³-hybridized carbons (Fsp3) is 0.364. The summed E-state index contributed by atoms with van der Waals surface area (Å²) < 4.78 is 13.3. The molecule has 5 heteroatoms. The average Bonchev–Trinajstić information content (AvgIpc) is 2.33. The van der Waals surface area contributed by atoms with Crippen molar-refractivity contribution in [3.8, 4) is 0 Å². The smallest absolute Gasteiger partial charge is 0.209 e. The van der Waals surface area contributed by atoms with Gasteiger partial charge in [0, 0.05) is 31.9 Å². The van der Waals surface area contributed by atoms with E-state index in [-0.39, 0.29) is 5.02 Å². The van der Waals surface area contributed by atoms with Gasteiger partial charge in [-0.15, -0.1) is 0 Å². The van der Waals surface area contributed by atoms with Gasteiger partial charge in [-0.2, -0.15) is 0 Å². The van der Waals surface area contributed by atoms with E-state index in [2.05, 4.69) is 0 Å². The summed E-state index contributed by atoms with van der Waals surface area (Å²) in [5.41, 5.74) is 0.812. The zero-order chi connectivity index (χ0) is 11.5. The minimum atomic E-state index is -0.406. The Kier molecular flexibility index (Phi) is 3.29. The van der Waals surface area contributed by atoms with Gasteiger partial charge in [0.15, 0.2) is 0 Å². The van der Waals surface area contributed by atoms with E-state index in [9.17, 15) is 9.18 Å². The fourth-order valence-electron chi connectivity index (χ4n) is 1.77. The lowest BCUT2D eigenvalue weighted by Gasteiger charge is -2.34. The van der Waals surface area contributed by atoms with Crippen LogP contribution in [0.15, 0.2) is 18.2 Å². The summed E-state index contributed by atoms with van der Waals surface area (Å²) in [6.07, 6.45) is 0.847. The molecule has 0 aliphatic carbocycles. The highest BCUT2D eigenvalue weighted by atomic mass is 35.5. The van der Waals surface area contributed by atoms with Gasteiger partial charge in [-0.3, -0.25) is 4.79 Å². The second kappa shape index (κ2) is 4.70. The van der Waals surface area contributed by atoms with Crippen molar-refractivity contribution in [2.24, 2.45) is 0 Å². The van der Waals surface area contributed by atoms with Crippen molar-refractivity contribution in [3.05, 3.63) is 29.0 Å². The molecule has 86 valence electrons. The van der Waals surface area contributed by atoms with Gasteiger partial charge >= 0.3 is 0 Å². The van der Waals surface area contributed by atoms with Crippen LogP contribution in [0.5, 0.6) is 0 Å². The van der Waals surface area contributed by atoms with Gasteiger partial charge in [0.05, 0.1) is 5.02 Å². The molecule has 1 amide bonds. The molecule has 3 nitrogen and oxygen atoms in total. The molecule has 0 unspecified atom stereocenters. The molecule has 1 aliphatic heterocycles. The van der Waals surface area contributed by atoms with E-state index < -0.39 is 5.82 Å². The summed E-state index contributed by atoms with van der Waals surface area (Å²) in [4.78, 5) is 14.3. The first kappa shape index (κ1) is 11.2. The summed E-state index contributed by atoms with van der Waals surface area (Å²) in [7, 11) is 0. The number of nitrogens with zero attached hydrogens (tertiary/aromatic N) is 2. The van der Waals surface area contributed by atoms with Gasteiger partial charge in [-0.1, -0.05) is 11.6 Å². The van der Waals surface area contributed by atoms with Gasteiger partial charge in [0.25, 0.3) is 0 Å². The quantitative estimate of drug-likeness (QED) is 0.738. The van der Waals surface area contributed by atoms with Gasteiger partial charge in [0.2, 0.25) is 6.41 Å². The summed E-state index contributed by atoms with van der Waals surface area (Å²) in [6.45, 7) is 2.79. The molecule has 0 bridgehead atoms. The van der Waals surface area contributed by atoms with Crippen LogP contribution in [0.3, 0.4) is 0 Å². The molecular weight excluding hydrogens is 231 g/mol. The molecule has 1 aliphatic rings. The number of carbonyl (C=O) groups is 1. The highest BCUT2D eigenvalue weighted by Crippen LogP contribution is 2.22. The van der Waals surface area contributed by atoms with Crippen LogP contribution in [0.4, 0.5) is 10.1 Å². The number of anilines is 1. The van der Waals surface area contributed by atoms with E-state index >= 15 is 0 Å². The van der Waals surface area contributed by atoms with Crippen LogP contribution < -0.4 is 4.90 Å². The Balaban J connectivity index is 2.08. The van der Waals surface area contributed by atoms with Crippen LogP contribution in [-0.2, 0) is 4.79 Å². The fourth-order valence-corrected chi connectivity index (χ4v) is 1.88. The molecule has 1 saturated heterocycles. The molecule has 0 N–H and O–H groups in total. The molecule has 0 atom stereocenters. The number of hydrogen-bond acceptors (Lipinski definition) is 2. The first-order valence-electron chi connectivity index (χ1n) is 5.10.